The van der Waals surface area contributed by atoms with Crippen LogP contribution in [0, 0.1) is 5.41 Å². The molecule has 0 amide bonds. The monoisotopic (exact) mass is 440 g/mol. The molecule has 170 valence electrons. The van der Waals surface area contributed by atoms with Gasteiger partial charge < -0.3 is 20.1 Å². The van der Waals surface area contributed by atoms with Crippen LogP contribution >= 0.6 is 0 Å². The van der Waals surface area contributed by atoms with Crippen LogP contribution in [0.25, 0.3) is 0 Å². The standard InChI is InChI=1S/C21H36N4O4S/c1-22-20(24-17-21(11-13-28-2)9-4-5-10-21)23-16-18-7-6-8-19(15-18)30(26,27)25-12-14-29-3/h6-8,15,25H,4-5,9-14,16-17H2,1-3H3,(H2,22,23,24). The van der Waals surface area contributed by atoms with Gasteiger partial charge in [-0.2, -0.15) is 0 Å². The van der Waals surface area contributed by atoms with Gasteiger partial charge in [0.2, 0.25) is 10.0 Å². The van der Waals surface area contributed by atoms with E-state index in [1.807, 2.05) is 6.07 Å². The third kappa shape index (κ3) is 7.54. The van der Waals surface area contributed by atoms with Crippen LogP contribution in [-0.2, 0) is 26.0 Å². The normalized spacial score (nSPS) is 16.6. The molecule has 1 fully saturated rings. The van der Waals surface area contributed by atoms with Crippen molar-refractivity contribution in [2.24, 2.45) is 10.4 Å². The van der Waals surface area contributed by atoms with Crippen molar-refractivity contribution in [1.82, 2.24) is 15.4 Å². The van der Waals surface area contributed by atoms with Gasteiger partial charge in [0, 0.05) is 47.5 Å². The van der Waals surface area contributed by atoms with E-state index in [9.17, 15) is 8.42 Å². The van der Waals surface area contributed by atoms with Crippen molar-refractivity contribution in [2.75, 3.05) is 47.6 Å². The molecule has 0 heterocycles. The van der Waals surface area contributed by atoms with E-state index in [1.54, 1.807) is 32.4 Å². The zero-order valence-corrected chi connectivity index (χ0v) is 19.2. The molecule has 0 aromatic heterocycles. The van der Waals surface area contributed by atoms with Crippen LogP contribution in [0.4, 0.5) is 0 Å². The molecule has 0 atom stereocenters. The largest absolute Gasteiger partial charge is 0.385 e. The first-order valence-electron chi connectivity index (χ1n) is 10.5. The minimum absolute atomic E-state index is 0.239. The predicted molar refractivity (Wildman–Crippen MR) is 119 cm³/mol. The molecule has 0 saturated heterocycles. The molecular formula is C21H36N4O4S. The highest BCUT2D eigenvalue weighted by atomic mass is 32.2. The van der Waals surface area contributed by atoms with Crippen LogP contribution in [0.2, 0.25) is 0 Å². The Kier molecular flexibility index (Phi) is 10.0. The van der Waals surface area contributed by atoms with E-state index in [-0.39, 0.29) is 16.9 Å². The second-order valence-corrected chi connectivity index (χ2v) is 9.53. The van der Waals surface area contributed by atoms with Crippen LogP contribution in [0.3, 0.4) is 0 Å². The number of nitrogens with zero attached hydrogens (tertiary/aromatic N) is 1. The maximum Gasteiger partial charge on any atom is 0.240 e. The molecule has 3 N–H and O–H groups in total. The second kappa shape index (κ2) is 12.2. The molecule has 1 aromatic carbocycles. The molecule has 1 aliphatic carbocycles. The molecule has 2 rings (SSSR count). The molecule has 9 heteroatoms. The Labute approximate surface area is 180 Å². The predicted octanol–water partition coefficient (Wildman–Crippen LogP) is 1.87. The van der Waals surface area contributed by atoms with Crippen molar-refractivity contribution in [2.45, 2.75) is 43.5 Å². The Balaban J connectivity index is 1.92. The number of rotatable bonds is 12. The quantitative estimate of drug-likeness (QED) is 0.261. The van der Waals surface area contributed by atoms with Crippen molar-refractivity contribution >= 4 is 16.0 Å². The Morgan fingerprint density at radius 2 is 1.87 bits per heavy atom. The fraction of sp³-hybridized carbons (Fsp3) is 0.667. The van der Waals surface area contributed by atoms with Gasteiger partial charge in [-0.25, -0.2) is 13.1 Å². The molecule has 0 spiro atoms. The average Bonchev–Trinajstić information content (AvgIpc) is 3.22. The Bertz CT molecular complexity index is 777. The lowest BCUT2D eigenvalue weighted by Gasteiger charge is -2.30. The molecule has 0 radical (unpaired) electrons. The second-order valence-electron chi connectivity index (χ2n) is 7.77. The van der Waals surface area contributed by atoms with Gasteiger partial charge >= 0.3 is 0 Å². The van der Waals surface area contributed by atoms with Gasteiger partial charge in [0.1, 0.15) is 0 Å². The number of ether oxygens (including phenoxy) is 2. The molecule has 1 aromatic rings. The first kappa shape index (κ1) is 24.6. The van der Waals surface area contributed by atoms with Crippen molar-refractivity contribution < 1.29 is 17.9 Å². The lowest BCUT2D eigenvalue weighted by molar-refractivity contribution is 0.138. The van der Waals surface area contributed by atoms with Gasteiger partial charge in [0.25, 0.3) is 0 Å². The smallest absolute Gasteiger partial charge is 0.240 e. The van der Waals surface area contributed by atoms with Crippen molar-refractivity contribution in [1.29, 1.82) is 0 Å². The summed E-state index contributed by atoms with van der Waals surface area (Å²) in [5, 5.41) is 6.74. The first-order valence-corrected chi connectivity index (χ1v) is 11.9. The van der Waals surface area contributed by atoms with Crippen LogP contribution in [0.15, 0.2) is 34.2 Å². The van der Waals surface area contributed by atoms with Crippen molar-refractivity contribution in [3.63, 3.8) is 0 Å². The van der Waals surface area contributed by atoms with Crippen molar-refractivity contribution in [3.8, 4) is 0 Å². The summed E-state index contributed by atoms with van der Waals surface area (Å²) in [7, 11) is 1.47. The highest BCUT2D eigenvalue weighted by Gasteiger charge is 2.33. The van der Waals surface area contributed by atoms with Gasteiger partial charge in [-0.05, 0) is 42.4 Å². The minimum atomic E-state index is -3.55. The van der Waals surface area contributed by atoms with Gasteiger partial charge in [-0.15, -0.1) is 0 Å². The maximum absolute atomic E-state index is 12.4. The number of guanidine groups is 1. The van der Waals surface area contributed by atoms with Crippen LogP contribution in [0.5, 0.6) is 0 Å². The van der Waals surface area contributed by atoms with E-state index in [2.05, 4.69) is 20.3 Å². The maximum atomic E-state index is 12.4. The van der Waals surface area contributed by atoms with Crippen LogP contribution in [0.1, 0.15) is 37.7 Å². The third-order valence-corrected chi connectivity index (χ3v) is 7.08. The summed E-state index contributed by atoms with van der Waals surface area (Å²) < 4.78 is 37.5. The fourth-order valence-corrected chi connectivity index (χ4v) is 4.90. The number of hydrogen-bond acceptors (Lipinski definition) is 5. The summed E-state index contributed by atoms with van der Waals surface area (Å²) >= 11 is 0. The summed E-state index contributed by atoms with van der Waals surface area (Å²) in [6.45, 7) is 2.67. The van der Waals surface area contributed by atoms with E-state index >= 15 is 0 Å². The molecule has 8 nitrogen and oxygen atoms in total. The van der Waals surface area contributed by atoms with Crippen LogP contribution in [-0.4, -0.2) is 61.9 Å². The summed E-state index contributed by atoms with van der Waals surface area (Å²) in [6.07, 6.45) is 5.98. The zero-order chi connectivity index (χ0) is 21.9. The summed E-state index contributed by atoms with van der Waals surface area (Å²) in [5.41, 5.74) is 1.12. The summed E-state index contributed by atoms with van der Waals surface area (Å²) in [6, 6.07) is 6.90. The molecule has 0 bridgehead atoms. The van der Waals surface area contributed by atoms with Gasteiger partial charge in [-0.1, -0.05) is 25.0 Å². The summed E-state index contributed by atoms with van der Waals surface area (Å²) in [4.78, 5) is 4.56. The highest BCUT2D eigenvalue weighted by molar-refractivity contribution is 7.89. The average molecular weight is 441 g/mol. The van der Waals surface area contributed by atoms with E-state index in [4.69, 9.17) is 9.47 Å². The lowest BCUT2D eigenvalue weighted by atomic mass is 9.83. The first-order chi connectivity index (χ1) is 14.4. The minimum Gasteiger partial charge on any atom is -0.385 e. The number of sulfonamides is 1. The van der Waals surface area contributed by atoms with E-state index in [0.717, 1.165) is 25.1 Å². The highest BCUT2D eigenvalue weighted by Crippen LogP contribution is 2.40. The summed E-state index contributed by atoms with van der Waals surface area (Å²) in [5.74, 6) is 0.713. The van der Waals surface area contributed by atoms with E-state index in [1.165, 1.54) is 32.8 Å². The number of methoxy groups -OCH3 is 2. The van der Waals surface area contributed by atoms with Crippen LogP contribution < -0.4 is 15.4 Å². The zero-order valence-electron chi connectivity index (χ0n) is 18.4. The number of hydrogen-bond donors (Lipinski definition) is 3. The van der Waals surface area contributed by atoms with Gasteiger partial charge in [-0.3, -0.25) is 4.99 Å². The van der Waals surface area contributed by atoms with Crippen molar-refractivity contribution in [3.05, 3.63) is 29.8 Å². The number of benzene rings is 1. The lowest BCUT2D eigenvalue weighted by Crippen LogP contribution is -2.43. The van der Waals surface area contributed by atoms with E-state index < -0.39 is 10.0 Å². The molecule has 30 heavy (non-hydrogen) atoms. The Hall–Kier alpha value is -1.68. The molecule has 1 saturated carbocycles. The fourth-order valence-electron chi connectivity index (χ4n) is 3.82. The molecular weight excluding hydrogens is 404 g/mol. The molecule has 1 aliphatic rings. The number of aliphatic imine (C=N–C) groups is 1. The van der Waals surface area contributed by atoms with E-state index in [0.29, 0.717) is 19.1 Å². The number of nitrogens with one attached hydrogen (secondary N) is 3. The van der Waals surface area contributed by atoms with Gasteiger partial charge in [0.05, 0.1) is 11.5 Å². The SMILES string of the molecule is CN=C(NCc1cccc(S(=O)(=O)NCCOC)c1)NCC1(CCOC)CCCC1. The molecule has 0 unspecified atom stereocenters. The molecule has 0 aliphatic heterocycles. The van der Waals surface area contributed by atoms with Gasteiger partial charge in [0.15, 0.2) is 5.96 Å². The Morgan fingerprint density at radius 1 is 1.13 bits per heavy atom. The topological polar surface area (TPSA) is 101 Å². The Morgan fingerprint density at radius 3 is 2.53 bits per heavy atom. The third-order valence-electron chi connectivity index (χ3n) is 5.62.